The van der Waals surface area contributed by atoms with Crippen molar-refractivity contribution < 1.29 is 0 Å². The van der Waals surface area contributed by atoms with E-state index >= 15 is 0 Å². The Labute approximate surface area is 117 Å². The van der Waals surface area contributed by atoms with Crippen LogP contribution in [0.4, 0.5) is 5.69 Å². The molecule has 17 heavy (non-hydrogen) atoms. The van der Waals surface area contributed by atoms with Gasteiger partial charge in [-0.2, -0.15) is 5.10 Å². The molecule has 0 fully saturated rings. The first-order valence-electron chi connectivity index (χ1n) is 5.10. The third kappa shape index (κ3) is 3.07. The predicted molar refractivity (Wildman–Crippen MR) is 74.9 cm³/mol. The molecule has 0 aliphatic heterocycles. The zero-order valence-electron chi connectivity index (χ0n) is 9.54. The van der Waals surface area contributed by atoms with Crippen molar-refractivity contribution in [1.29, 1.82) is 0 Å². The van der Waals surface area contributed by atoms with E-state index < -0.39 is 0 Å². The molecule has 90 valence electrons. The molecule has 0 saturated heterocycles. The van der Waals surface area contributed by atoms with Gasteiger partial charge in [0.05, 0.1) is 23.6 Å². The highest BCUT2D eigenvalue weighted by atomic mass is 79.9. The predicted octanol–water partition coefficient (Wildman–Crippen LogP) is 3.26. The van der Waals surface area contributed by atoms with Crippen molar-refractivity contribution in [2.45, 2.75) is 13.5 Å². The zero-order chi connectivity index (χ0) is 12.4. The molecular weight excluding hydrogens is 348 g/mol. The third-order valence-electron chi connectivity index (χ3n) is 2.34. The number of pyridine rings is 1. The molecule has 6 heteroatoms. The molecule has 0 aliphatic rings. The van der Waals surface area contributed by atoms with E-state index in [4.69, 9.17) is 0 Å². The number of rotatable bonds is 3. The first-order chi connectivity index (χ1) is 8.06. The van der Waals surface area contributed by atoms with Gasteiger partial charge in [-0.15, -0.1) is 0 Å². The average molecular weight is 360 g/mol. The average Bonchev–Trinajstić information content (AvgIpc) is 2.56. The van der Waals surface area contributed by atoms with Gasteiger partial charge in [-0.3, -0.25) is 9.67 Å². The highest BCUT2D eigenvalue weighted by Gasteiger charge is 2.05. The summed E-state index contributed by atoms with van der Waals surface area (Å²) in [6.45, 7) is 2.65. The van der Waals surface area contributed by atoms with Gasteiger partial charge < -0.3 is 5.32 Å². The van der Waals surface area contributed by atoms with Gasteiger partial charge in [0.2, 0.25) is 0 Å². The fraction of sp³-hybridized carbons (Fsp3) is 0.273. The van der Waals surface area contributed by atoms with Gasteiger partial charge in [0.15, 0.2) is 0 Å². The van der Waals surface area contributed by atoms with E-state index in [0.717, 1.165) is 26.0 Å². The van der Waals surface area contributed by atoms with Gasteiger partial charge in [-0.05, 0) is 44.8 Å². The highest BCUT2D eigenvalue weighted by molar-refractivity contribution is 9.11. The second-order valence-corrected chi connectivity index (χ2v) is 5.51. The van der Waals surface area contributed by atoms with Gasteiger partial charge in [0.1, 0.15) is 0 Å². The smallest absolute Gasteiger partial charge is 0.0825 e. The van der Waals surface area contributed by atoms with E-state index in [1.54, 1.807) is 10.9 Å². The number of hydrogen-bond acceptors (Lipinski definition) is 3. The van der Waals surface area contributed by atoms with Crippen molar-refractivity contribution in [3.8, 4) is 0 Å². The minimum Gasteiger partial charge on any atom is -0.377 e. The first-order valence-corrected chi connectivity index (χ1v) is 6.69. The van der Waals surface area contributed by atoms with Crippen LogP contribution in [0, 0.1) is 6.92 Å². The van der Waals surface area contributed by atoms with Crippen LogP contribution in [0.15, 0.2) is 27.4 Å². The summed E-state index contributed by atoms with van der Waals surface area (Å²) in [5.74, 6) is 0. The lowest BCUT2D eigenvalue weighted by molar-refractivity contribution is 0.756. The molecule has 0 amide bonds. The van der Waals surface area contributed by atoms with Crippen LogP contribution < -0.4 is 5.32 Å². The minimum absolute atomic E-state index is 0.667. The zero-order valence-corrected chi connectivity index (χ0v) is 12.7. The molecule has 2 aromatic rings. The van der Waals surface area contributed by atoms with Crippen molar-refractivity contribution >= 4 is 37.5 Å². The maximum atomic E-state index is 4.35. The van der Waals surface area contributed by atoms with Crippen LogP contribution in [0.3, 0.4) is 0 Å². The number of anilines is 1. The van der Waals surface area contributed by atoms with Gasteiger partial charge in [0.25, 0.3) is 0 Å². The molecule has 0 unspecified atom stereocenters. The maximum absolute atomic E-state index is 4.35. The van der Waals surface area contributed by atoms with Crippen molar-refractivity contribution in [3.05, 3.63) is 38.8 Å². The summed E-state index contributed by atoms with van der Waals surface area (Å²) in [6, 6.07) is 1.99. The van der Waals surface area contributed by atoms with E-state index in [1.165, 1.54) is 0 Å². The van der Waals surface area contributed by atoms with Gasteiger partial charge >= 0.3 is 0 Å². The topological polar surface area (TPSA) is 42.7 Å². The molecular formula is C11H12Br2N4. The van der Waals surface area contributed by atoms with E-state index in [1.807, 2.05) is 26.2 Å². The second kappa shape index (κ2) is 5.18. The summed E-state index contributed by atoms with van der Waals surface area (Å²) in [6.07, 6.45) is 3.75. The molecule has 0 bridgehead atoms. The number of nitrogens with one attached hydrogen (secondary N) is 1. The molecule has 2 heterocycles. The van der Waals surface area contributed by atoms with Crippen molar-refractivity contribution in [1.82, 2.24) is 14.8 Å². The lowest BCUT2D eigenvalue weighted by atomic mass is 10.3. The molecule has 1 N–H and O–H groups in total. The Balaban J connectivity index is 2.10. The number of aromatic nitrogens is 3. The van der Waals surface area contributed by atoms with Crippen molar-refractivity contribution in [3.63, 3.8) is 0 Å². The summed E-state index contributed by atoms with van der Waals surface area (Å²) >= 11 is 6.87. The summed E-state index contributed by atoms with van der Waals surface area (Å²) in [5, 5.41) is 7.59. The van der Waals surface area contributed by atoms with Crippen LogP contribution in [-0.2, 0) is 13.6 Å². The third-order valence-corrected chi connectivity index (χ3v) is 3.46. The lowest BCUT2D eigenvalue weighted by Crippen LogP contribution is -2.02. The van der Waals surface area contributed by atoms with Crippen LogP contribution >= 0.6 is 31.9 Å². The van der Waals surface area contributed by atoms with E-state index in [-0.39, 0.29) is 0 Å². The number of halogens is 2. The number of nitrogens with zero attached hydrogens (tertiary/aromatic N) is 3. The van der Waals surface area contributed by atoms with Gasteiger partial charge in [-0.1, -0.05) is 0 Å². The Hall–Kier alpha value is -0.880. The molecule has 2 aromatic heterocycles. The Bertz CT molecular complexity index is 536. The SMILES string of the molecule is Cc1nn(C)cc1NCc1ncc(Br)cc1Br. The monoisotopic (exact) mass is 358 g/mol. The molecule has 0 saturated carbocycles. The van der Waals surface area contributed by atoms with Crippen LogP contribution in [0.1, 0.15) is 11.4 Å². The Morgan fingerprint density at radius 2 is 2.18 bits per heavy atom. The normalized spacial score (nSPS) is 10.6. The summed E-state index contributed by atoms with van der Waals surface area (Å²) in [4.78, 5) is 4.35. The standard InChI is InChI=1S/C11H12Br2N4/c1-7-11(6-17(2)16-7)15-5-10-9(13)3-8(12)4-14-10/h3-4,6,15H,5H2,1-2H3. The Kier molecular flexibility index (Phi) is 3.83. The quantitative estimate of drug-likeness (QED) is 0.914. The summed E-state index contributed by atoms with van der Waals surface area (Å²) in [7, 11) is 1.91. The second-order valence-electron chi connectivity index (χ2n) is 3.74. The molecule has 2 rings (SSSR count). The van der Waals surface area contributed by atoms with Gasteiger partial charge in [-0.25, -0.2) is 0 Å². The largest absolute Gasteiger partial charge is 0.377 e. The molecule has 4 nitrogen and oxygen atoms in total. The number of hydrogen-bond donors (Lipinski definition) is 1. The van der Waals surface area contributed by atoms with Crippen LogP contribution in [0.2, 0.25) is 0 Å². The van der Waals surface area contributed by atoms with Crippen LogP contribution in [0.25, 0.3) is 0 Å². The van der Waals surface area contributed by atoms with E-state index in [9.17, 15) is 0 Å². The minimum atomic E-state index is 0.667. The molecule has 0 atom stereocenters. The van der Waals surface area contributed by atoms with E-state index in [2.05, 4.69) is 47.3 Å². The fourth-order valence-corrected chi connectivity index (χ4v) is 2.65. The van der Waals surface area contributed by atoms with E-state index in [0.29, 0.717) is 6.54 Å². The van der Waals surface area contributed by atoms with Crippen molar-refractivity contribution in [2.75, 3.05) is 5.32 Å². The molecule has 0 radical (unpaired) electrons. The van der Waals surface area contributed by atoms with Crippen molar-refractivity contribution in [2.24, 2.45) is 7.05 Å². The van der Waals surface area contributed by atoms with Gasteiger partial charge in [0, 0.05) is 28.4 Å². The fourth-order valence-electron chi connectivity index (χ4n) is 1.53. The summed E-state index contributed by atoms with van der Waals surface area (Å²) in [5.41, 5.74) is 2.99. The van der Waals surface area contributed by atoms with Crippen LogP contribution in [-0.4, -0.2) is 14.8 Å². The lowest BCUT2D eigenvalue weighted by Gasteiger charge is -2.06. The molecule has 0 aliphatic carbocycles. The Morgan fingerprint density at radius 3 is 2.76 bits per heavy atom. The van der Waals surface area contributed by atoms with Crippen LogP contribution in [0.5, 0.6) is 0 Å². The maximum Gasteiger partial charge on any atom is 0.0825 e. The molecule has 0 spiro atoms. The molecule has 0 aromatic carbocycles. The number of aryl methyl sites for hydroxylation is 2. The Morgan fingerprint density at radius 1 is 1.41 bits per heavy atom. The summed E-state index contributed by atoms with van der Waals surface area (Å²) < 4.78 is 3.74. The first kappa shape index (κ1) is 12.6. The highest BCUT2D eigenvalue weighted by Crippen LogP contribution is 2.21.